The molecule has 0 bridgehead atoms. The van der Waals surface area contributed by atoms with Crippen molar-refractivity contribution in [3.05, 3.63) is 40.2 Å². The molecule has 1 N–H and O–H groups in total. The van der Waals surface area contributed by atoms with E-state index in [0.717, 1.165) is 11.4 Å². The van der Waals surface area contributed by atoms with Crippen molar-refractivity contribution < 1.29 is 13.9 Å². The quantitative estimate of drug-likeness (QED) is 0.822. The molecule has 0 aromatic carbocycles. The second-order valence-corrected chi connectivity index (χ2v) is 4.30. The number of hydrogen-bond acceptors (Lipinski definition) is 6. The number of aromatic nitrogens is 1. The molecule has 2 rings (SSSR count). The van der Waals surface area contributed by atoms with E-state index in [1.165, 1.54) is 7.11 Å². The van der Waals surface area contributed by atoms with E-state index >= 15 is 0 Å². The Morgan fingerprint density at radius 2 is 2.41 bits per heavy atom. The van der Waals surface area contributed by atoms with E-state index in [0.29, 0.717) is 12.3 Å². The summed E-state index contributed by atoms with van der Waals surface area (Å²) in [5, 5.41) is 3.20. The topological polar surface area (TPSA) is 64.4 Å². The number of hydrogen-bond donors (Lipinski definition) is 1. The smallest absolute Gasteiger partial charge is 0.373 e. The second-order valence-electron chi connectivity index (χ2n) is 3.33. The number of carbonyl (C=O) groups is 1. The summed E-state index contributed by atoms with van der Waals surface area (Å²) in [5.41, 5.74) is 1.79. The van der Waals surface area contributed by atoms with Crippen LogP contribution in [0.1, 0.15) is 21.2 Å². The van der Waals surface area contributed by atoms with Crippen LogP contribution in [-0.2, 0) is 17.8 Å². The molecule has 17 heavy (non-hydrogen) atoms. The van der Waals surface area contributed by atoms with Gasteiger partial charge in [-0.2, -0.15) is 0 Å². The maximum atomic E-state index is 11.1. The van der Waals surface area contributed by atoms with E-state index < -0.39 is 5.97 Å². The molecule has 6 heteroatoms. The maximum absolute atomic E-state index is 11.1. The first kappa shape index (κ1) is 11.8. The summed E-state index contributed by atoms with van der Waals surface area (Å²) < 4.78 is 9.86. The van der Waals surface area contributed by atoms with Gasteiger partial charge in [0.05, 0.1) is 19.2 Å². The van der Waals surface area contributed by atoms with Gasteiger partial charge in [-0.3, -0.25) is 4.98 Å². The lowest BCUT2D eigenvalue weighted by molar-refractivity contribution is 0.0563. The van der Waals surface area contributed by atoms with Crippen LogP contribution in [-0.4, -0.2) is 18.1 Å². The first-order valence-electron chi connectivity index (χ1n) is 5.04. The summed E-state index contributed by atoms with van der Waals surface area (Å²) in [4.78, 5) is 16.3. The molecule has 0 aliphatic heterocycles. The molecule has 5 nitrogen and oxygen atoms in total. The number of thiazole rings is 1. The minimum Gasteiger partial charge on any atom is -0.463 e. The minimum atomic E-state index is -0.460. The highest BCUT2D eigenvalue weighted by Crippen LogP contribution is 2.10. The highest BCUT2D eigenvalue weighted by atomic mass is 32.1. The molecule has 0 aliphatic carbocycles. The van der Waals surface area contributed by atoms with E-state index in [2.05, 4.69) is 15.0 Å². The van der Waals surface area contributed by atoms with E-state index in [1.54, 1.807) is 29.0 Å². The molecule has 0 fully saturated rings. The van der Waals surface area contributed by atoms with Crippen LogP contribution < -0.4 is 5.32 Å². The Kier molecular flexibility index (Phi) is 3.89. The molecule has 2 aromatic heterocycles. The number of esters is 1. The first-order valence-corrected chi connectivity index (χ1v) is 5.92. The Bertz CT molecular complexity index is 479. The molecule has 0 unspecified atom stereocenters. The lowest BCUT2D eigenvalue weighted by Crippen LogP contribution is -2.11. The summed E-state index contributed by atoms with van der Waals surface area (Å²) in [6.45, 7) is 1.30. The van der Waals surface area contributed by atoms with Crippen molar-refractivity contribution >= 4 is 17.3 Å². The Balaban J connectivity index is 1.83. The average molecular weight is 252 g/mol. The third kappa shape index (κ3) is 3.15. The molecule has 90 valence electrons. The van der Waals surface area contributed by atoms with Gasteiger partial charge in [-0.1, -0.05) is 0 Å². The second kappa shape index (κ2) is 5.60. The molecule has 0 saturated carbocycles. The number of nitrogens with zero attached hydrogens (tertiary/aromatic N) is 1. The number of methoxy groups -OCH3 is 1. The maximum Gasteiger partial charge on any atom is 0.373 e. The molecule has 0 atom stereocenters. The van der Waals surface area contributed by atoms with Crippen molar-refractivity contribution in [3.8, 4) is 0 Å². The Morgan fingerprint density at radius 3 is 3.12 bits per heavy atom. The molecule has 0 aliphatic rings. The van der Waals surface area contributed by atoms with E-state index in [-0.39, 0.29) is 5.76 Å². The van der Waals surface area contributed by atoms with Gasteiger partial charge in [0, 0.05) is 17.6 Å². The van der Waals surface area contributed by atoms with Crippen molar-refractivity contribution in [2.24, 2.45) is 0 Å². The molecule has 0 radical (unpaired) electrons. The van der Waals surface area contributed by atoms with Crippen molar-refractivity contribution in [2.45, 2.75) is 13.1 Å². The fourth-order valence-corrected chi connectivity index (χ4v) is 1.89. The van der Waals surface area contributed by atoms with Crippen LogP contribution in [0, 0.1) is 0 Å². The number of nitrogens with one attached hydrogen (secondary N) is 1. The molecule has 2 aromatic rings. The van der Waals surface area contributed by atoms with Gasteiger partial charge in [-0.15, -0.1) is 11.3 Å². The van der Waals surface area contributed by atoms with Gasteiger partial charge in [-0.25, -0.2) is 4.79 Å². The summed E-state index contributed by atoms with van der Waals surface area (Å²) in [7, 11) is 1.33. The highest BCUT2D eigenvalue weighted by molar-refractivity contribution is 7.09. The molecule has 2 heterocycles. The number of carbonyl (C=O) groups excluding carboxylic acids is 1. The van der Waals surface area contributed by atoms with E-state index in [1.807, 2.05) is 6.20 Å². The van der Waals surface area contributed by atoms with Gasteiger partial charge in [0.1, 0.15) is 5.76 Å². The van der Waals surface area contributed by atoms with Gasteiger partial charge in [-0.05, 0) is 12.1 Å². The minimum absolute atomic E-state index is 0.224. The summed E-state index contributed by atoms with van der Waals surface area (Å²) >= 11 is 1.59. The molecule has 0 saturated heterocycles. The molecule has 0 spiro atoms. The van der Waals surface area contributed by atoms with Crippen LogP contribution in [0.25, 0.3) is 0 Å². The standard InChI is InChI=1S/C11H12N2O3S/c1-15-11(14)10-3-2-8(16-10)4-12-5-9-6-13-7-17-9/h2-3,6-7,12H,4-5H2,1H3. The van der Waals surface area contributed by atoms with Crippen molar-refractivity contribution in [1.82, 2.24) is 10.3 Å². The van der Waals surface area contributed by atoms with Crippen LogP contribution in [0.15, 0.2) is 28.3 Å². The monoisotopic (exact) mass is 252 g/mol. The summed E-state index contributed by atoms with van der Waals surface area (Å²) in [6, 6.07) is 3.36. The normalized spacial score (nSPS) is 10.4. The fourth-order valence-electron chi connectivity index (χ4n) is 1.32. The van der Waals surface area contributed by atoms with Crippen molar-refractivity contribution in [1.29, 1.82) is 0 Å². The van der Waals surface area contributed by atoms with Crippen LogP contribution in [0.3, 0.4) is 0 Å². The number of rotatable bonds is 5. The summed E-state index contributed by atoms with van der Waals surface area (Å²) in [5.74, 6) is 0.468. The molecular formula is C11H12N2O3S. The Labute approximate surface area is 102 Å². The van der Waals surface area contributed by atoms with Crippen LogP contribution in [0.2, 0.25) is 0 Å². The predicted molar refractivity (Wildman–Crippen MR) is 62.7 cm³/mol. The van der Waals surface area contributed by atoms with Crippen molar-refractivity contribution in [3.63, 3.8) is 0 Å². The lowest BCUT2D eigenvalue weighted by atomic mass is 10.4. The van der Waals surface area contributed by atoms with Crippen molar-refractivity contribution in [2.75, 3.05) is 7.11 Å². The zero-order chi connectivity index (χ0) is 12.1. The zero-order valence-corrected chi connectivity index (χ0v) is 10.1. The van der Waals surface area contributed by atoms with Gasteiger partial charge in [0.15, 0.2) is 0 Å². The lowest BCUT2D eigenvalue weighted by Gasteiger charge is -1.99. The van der Waals surface area contributed by atoms with Gasteiger partial charge >= 0.3 is 5.97 Å². The van der Waals surface area contributed by atoms with Crippen LogP contribution in [0.5, 0.6) is 0 Å². The fraction of sp³-hybridized carbons (Fsp3) is 0.273. The highest BCUT2D eigenvalue weighted by Gasteiger charge is 2.10. The van der Waals surface area contributed by atoms with Gasteiger partial charge < -0.3 is 14.5 Å². The number of ether oxygens (including phenoxy) is 1. The zero-order valence-electron chi connectivity index (χ0n) is 9.30. The summed E-state index contributed by atoms with van der Waals surface area (Å²) in [6.07, 6.45) is 1.82. The third-order valence-corrected chi connectivity index (χ3v) is 2.91. The van der Waals surface area contributed by atoms with E-state index in [4.69, 9.17) is 4.42 Å². The SMILES string of the molecule is COC(=O)c1ccc(CNCc2cncs2)o1. The van der Waals surface area contributed by atoms with Crippen LogP contribution >= 0.6 is 11.3 Å². The molecular weight excluding hydrogens is 240 g/mol. The number of furan rings is 1. The Hall–Kier alpha value is -1.66. The van der Waals surface area contributed by atoms with Gasteiger partial charge in [0.25, 0.3) is 0 Å². The largest absolute Gasteiger partial charge is 0.463 e. The predicted octanol–water partition coefficient (Wildman–Crippen LogP) is 1.81. The average Bonchev–Trinajstić information content (AvgIpc) is 2.99. The molecule has 0 amide bonds. The van der Waals surface area contributed by atoms with Crippen LogP contribution in [0.4, 0.5) is 0 Å². The van der Waals surface area contributed by atoms with Gasteiger partial charge in [0.2, 0.25) is 5.76 Å². The van der Waals surface area contributed by atoms with E-state index in [9.17, 15) is 4.79 Å². The Morgan fingerprint density at radius 1 is 1.53 bits per heavy atom. The first-order chi connectivity index (χ1) is 8.29. The third-order valence-electron chi connectivity index (χ3n) is 2.13.